The maximum Gasteiger partial charge on any atom is 0.274 e. The predicted octanol–water partition coefficient (Wildman–Crippen LogP) is 3.04. The number of nitrogens with one attached hydrogen (secondary N) is 3. The molecule has 0 spiro atoms. The lowest BCUT2D eigenvalue weighted by molar-refractivity contribution is 0.0525. The van der Waals surface area contributed by atoms with E-state index in [-0.39, 0.29) is 23.3 Å². The molecule has 2 saturated carbocycles. The van der Waals surface area contributed by atoms with Crippen molar-refractivity contribution in [1.29, 1.82) is 0 Å². The van der Waals surface area contributed by atoms with Crippen LogP contribution >= 0.6 is 0 Å². The number of rotatable bonds is 7. The summed E-state index contributed by atoms with van der Waals surface area (Å²) in [5.74, 6) is 0.540. The molecule has 2 fully saturated rings. The Bertz CT molecular complexity index is 1290. The topological polar surface area (TPSA) is 115 Å². The second-order valence-corrected chi connectivity index (χ2v) is 9.18. The number of carbonyl (C=O) groups is 1. The fourth-order valence-electron chi connectivity index (χ4n) is 4.85. The molecule has 3 aromatic heterocycles. The zero-order valence-corrected chi connectivity index (χ0v) is 19.8. The molecule has 0 saturated heterocycles. The van der Waals surface area contributed by atoms with Gasteiger partial charge in [-0.1, -0.05) is 0 Å². The van der Waals surface area contributed by atoms with Crippen LogP contribution in [0.4, 0.5) is 21.7 Å². The molecule has 35 heavy (non-hydrogen) atoms. The van der Waals surface area contributed by atoms with Crippen molar-refractivity contribution in [1.82, 2.24) is 24.5 Å². The van der Waals surface area contributed by atoms with E-state index in [4.69, 9.17) is 4.74 Å². The molecule has 0 aromatic carbocycles. The average Bonchev–Trinajstić information content (AvgIpc) is 3.31. The van der Waals surface area contributed by atoms with Crippen LogP contribution in [-0.2, 0) is 4.74 Å². The number of anilines is 3. The van der Waals surface area contributed by atoms with E-state index < -0.39 is 18.1 Å². The van der Waals surface area contributed by atoms with Crippen LogP contribution in [0.5, 0.6) is 0 Å². The highest BCUT2D eigenvalue weighted by Gasteiger charge is 2.33. The quantitative estimate of drug-likeness (QED) is 0.473. The van der Waals surface area contributed by atoms with Gasteiger partial charge in [0, 0.05) is 32.5 Å². The molecule has 3 aromatic rings. The summed E-state index contributed by atoms with van der Waals surface area (Å²) in [6, 6.07) is 4.85. The van der Waals surface area contributed by atoms with E-state index in [9.17, 15) is 14.0 Å². The van der Waals surface area contributed by atoms with Crippen molar-refractivity contribution < 1.29 is 13.9 Å². The Morgan fingerprint density at radius 3 is 2.83 bits per heavy atom. The van der Waals surface area contributed by atoms with Gasteiger partial charge >= 0.3 is 0 Å². The van der Waals surface area contributed by atoms with E-state index in [0.717, 1.165) is 25.7 Å². The first kappa shape index (κ1) is 23.3. The van der Waals surface area contributed by atoms with Crippen molar-refractivity contribution in [2.45, 2.75) is 62.9 Å². The third-order valence-corrected chi connectivity index (χ3v) is 7.04. The van der Waals surface area contributed by atoms with Gasteiger partial charge < -0.3 is 25.3 Å². The zero-order valence-electron chi connectivity index (χ0n) is 19.8. The first-order valence-electron chi connectivity index (χ1n) is 12.0. The Hall–Kier alpha value is -3.47. The second-order valence-electron chi connectivity index (χ2n) is 9.18. The minimum atomic E-state index is -1.03. The highest BCUT2D eigenvalue weighted by atomic mass is 19.1. The maximum atomic E-state index is 13.7. The van der Waals surface area contributed by atoms with Gasteiger partial charge in [-0.3, -0.25) is 9.59 Å². The smallest absolute Gasteiger partial charge is 0.274 e. The van der Waals surface area contributed by atoms with Crippen LogP contribution in [0, 0.1) is 0 Å². The number of halogens is 1. The molecule has 11 heteroatoms. The van der Waals surface area contributed by atoms with Crippen molar-refractivity contribution in [3.8, 4) is 0 Å². The number of nitrogens with zero attached hydrogens (tertiary/aromatic N) is 4. The summed E-state index contributed by atoms with van der Waals surface area (Å²) < 4.78 is 22.5. The number of pyridine rings is 1. The van der Waals surface area contributed by atoms with Crippen LogP contribution in [0.3, 0.4) is 0 Å². The van der Waals surface area contributed by atoms with Crippen molar-refractivity contribution in [3.63, 3.8) is 0 Å². The van der Waals surface area contributed by atoms with Gasteiger partial charge in [0.1, 0.15) is 29.1 Å². The van der Waals surface area contributed by atoms with Crippen LogP contribution in [0.2, 0.25) is 0 Å². The minimum Gasteiger partial charge on any atom is -0.381 e. The molecule has 10 nitrogen and oxygen atoms in total. The van der Waals surface area contributed by atoms with E-state index in [1.807, 2.05) is 12.3 Å². The van der Waals surface area contributed by atoms with Crippen molar-refractivity contribution in [2.24, 2.45) is 0 Å². The number of fused-ring (bicyclic) bond motifs is 1. The fraction of sp³-hybridized carbons (Fsp3) is 0.500. The highest BCUT2D eigenvalue weighted by molar-refractivity contribution is 6.00. The molecule has 0 bridgehead atoms. The molecule has 0 radical (unpaired) electrons. The number of hydrogen-bond donors (Lipinski definition) is 3. The first-order chi connectivity index (χ1) is 17.0. The average molecular weight is 484 g/mol. The minimum absolute atomic E-state index is 0.0715. The van der Waals surface area contributed by atoms with E-state index in [1.165, 1.54) is 10.7 Å². The highest BCUT2D eigenvalue weighted by Crippen LogP contribution is 2.29. The normalized spacial score (nSPS) is 24.1. The van der Waals surface area contributed by atoms with Gasteiger partial charge in [0.05, 0.1) is 18.3 Å². The molecule has 2 aliphatic rings. The summed E-state index contributed by atoms with van der Waals surface area (Å²) in [4.78, 5) is 30.7. The molecule has 186 valence electrons. The lowest BCUT2D eigenvalue weighted by Gasteiger charge is -2.30. The molecular weight excluding hydrogens is 453 g/mol. The van der Waals surface area contributed by atoms with Gasteiger partial charge in [-0.2, -0.15) is 9.61 Å². The number of alkyl halides is 1. The standard InChI is InChI=1S/C24H30FN7O3/c1-26-21-12-20(30-22-16(13-27-32(21)22)23(33)29-18-9-8-17(18)25)28-19-7-4-10-31(24(19)34)14-5-3-6-15(11-14)35-2/h4,7,10,12-15,17-18,26H,3,5-6,8-9,11H2,1-2H3,(H,28,30)(H,29,33)/t14-,15-,17+,18+/m1/s1. The summed E-state index contributed by atoms with van der Waals surface area (Å²) in [5.41, 5.74) is 0.777. The van der Waals surface area contributed by atoms with Crippen LogP contribution < -0.4 is 21.5 Å². The Labute approximate surface area is 201 Å². The Balaban J connectivity index is 1.44. The predicted molar refractivity (Wildman–Crippen MR) is 130 cm³/mol. The van der Waals surface area contributed by atoms with E-state index in [1.54, 1.807) is 30.9 Å². The maximum absolute atomic E-state index is 13.7. The van der Waals surface area contributed by atoms with Crippen LogP contribution in [-0.4, -0.2) is 57.5 Å². The number of carbonyl (C=O) groups excluding carboxylic acids is 1. The van der Waals surface area contributed by atoms with Crippen LogP contribution in [0.15, 0.2) is 35.4 Å². The monoisotopic (exact) mass is 483 g/mol. The molecular formula is C24H30FN7O3. The molecule has 3 heterocycles. The molecule has 4 atom stereocenters. The van der Waals surface area contributed by atoms with Gasteiger partial charge in [0.25, 0.3) is 11.5 Å². The summed E-state index contributed by atoms with van der Waals surface area (Å²) in [5, 5.41) is 13.1. The largest absolute Gasteiger partial charge is 0.381 e. The van der Waals surface area contributed by atoms with Gasteiger partial charge in [0.2, 0.25) is 0 Å². The van der Waals surface area contributed by atoms with E-state index in [0.29, 0.717) is 35.8 Å². The molecule has 0 unspecified atom stereocenters. The van der Waals surface area contributed by atoms with Crippen molar-refractivity contribution in [2.75, 3.05) is 24.8 Å². The number of ether oxygens (including phenoxy) is 1. The summed E-state index contributed by atoms with van der Waals surface area (Å²) in [6.07, 6.45) is 7.15. The van der Waals surface area contributed by atoms with Crippen molar-refractivity contribution in [3.05, 3.63) is 46.5 Å². The van der Waals surface area contributed by atoms with E-state index >= 15 is 0 Å². The van der Waals surface area contributed by atoms with Crippen LogP contribution in [0.1, 0.15) is 54.9 Å². The van der Waals surface area contributed by atoms with Gasteiger partial charge in [-0.25, -0.2) is 9.37 Å². The third kappa shape index (κ3) is 4.47. The van der Waals surface area contributed by atoms with Gasteiger partial charge in [-0.05, 0) is 50.7 Å². The summed E-state index contributed by atoms with van der Waals surface area (Å²) in [6.45, 7) is 0. The Morgan fingerprint density at radius 1 is 1.26 bits per heavy atom. The van der Waals surface area contributed by atoms with Crippen molar-refractivity contribution >= 4 is 28.9 Å². The van der Waals surface area contributed by atoms with Gasteiger partial charge in [-0.15, -0.1) is 0 Å². The molecule has 3 N–H and O–H groups in total. The number of amides is 1. The number of aromatic nitrogens is 4. The molecule has 0 aliphatic heterocycles. The molecule has 2 aliphatic carbocycles. The Morgan fingerprint density at radius 2 is 2.11 bits per heavy atom. The third-order valence-electron chi connectivity index (χ3n) is 7.04. The Kier molecular flexibility index (Phi) is 6.42. The first-order valence-corrected chi connectivity index (χ1v) is 12.0. The van der Waals surface area contributed by atoms with Gasteiger partial charge in [0.15, 0.2) is 5.65 Å². The lowest BCUT2D eigenvalue weighted by Crippen LogP contribution is -2.48. The molecule has 5 rings (SSSR count). The number of hydrogen-bond acceptors (Lipinski definition) is 7. The van der Waals surface area contributed by atoms with Crippen LogP contribution in [0.25, 0.3) is 5.65 Å². The fourth-order valence-corrected chi connectivity index (χ4v) is 4.85. The lowest BCUT2D eigenvalue weighted by atomic mass is 9.90. The molecule has 1 amide bonds. The zero-order chi connectivity index (χ0) is 24.5. The van der Waals surface area contributed by atoms with E-state index in [2.05, 4.69) is 26.0 Å². The summed E-state index contributed by atoms with van der Waals surface area (Å²) in [7, 11) is 3.44. The second kappa shape index (κ2) is 9.65. The SMILES string of the molecule is CNc1cc(Nc2cccn([C@@H]3CCC[C@@H](OC)C3)c2=O)nc2c(C(=O)N[C@H]3CC[C@@H]3F)cnn12. The summed E-state index contributed by atoms with van der Waals surface area (Å²) >= 11 is 0. The number of methoxy groups -OCH3 is 1.